The van der Waals surface area contributed by atoms with E-state index < -0.39 is 0 Å². The summed E-state index contributed by atoms with van der Waals surface area (Å²) in [6, 6.07) is 26.3. The molecule has 0 amide bonds. The van der Waals surface area contributed by atoms with Crippen molar-refractivity contribution < 1.29 is 4.74 Å². The Kier molecular flexibility index (Phi) is 5.25. The topological polar surface area (TPSA) is 9.23 Å². The molecule has 0 aromatic heterocycles. The summed E-state index contributed by atoms with van der Waals surface area (Å²) < 4.78 is 6.13. The van der Waals surface area contributed by atoms with Crippen molar-refractivity contribution in [3.05, 3.63) is 95.1 Å². The van der Waals surface area contributed by atoms with E-state index in [9.17, 15) is 0 Å². The molecule has 28 heavy (non-hydrogen) atoms. The lowest BCUT2D eigenvalue weighted by Crippen LogP contribution is -2.24. The van der Waals surface area contributed by atoms with Gasteiger partial charge in [-0.25, -0.2) is 0 Å². The zero-order valence-corrected chi connectivity index (χ0v) is 17.7. The van der Waals surface area contributed by atoms with Gasteiger partial charge in [0, 0.05) is 10.8 Å². The highest BCUT2D eigenvalue weighted by Gasteiger charge is 2.32. The number of rotatable bonds is 3. The number of hydrogen-bond acceptors (Lipinski definition) is 2. The maximum absolute atomic E-state index is 6.13. The molecular formula is C26H28OS. The highest BCUT2D eigenvalue weighted by molar-refractivity contribution is 7.80. The lowest BCUT2D eigenvalue weighted by molar-refractivity contribution is 0.130. The standard InChI is InChI=1S/C26H28OS/c1-26(2,3)27-21-12-16-24-20(17-21)11-15-23(18-7-5-4-6-8-18)25(24)19-9-13-22(28)14-10-19/h4-10,12-14,16-17,23,25,28H,11,15H2,1-3H3/t23-,25+/m1/s1. The molecule has 0 aliphatic heterocycles. The Morgan fingerprint density at radius 2 is 1.57 bits per heavy atom. The highest BCUT2D eigenvalue weighted by atomic mass is 32.1. The van der Waals surface area contributed by atoms with Gasteiger partial charge in [0.2, 0.25) is 0 Å². The van der Waals surface area contributed by atoms with Gasteiger partial charge in [0.25, 0.3) is 0 Å². The molecule has 0 spiro atoms. The average Bonchev–Trinajstić information content (AvgIpc) is 2.67. The summed E-state index contributed by atoms with van der Waals surface area (Å²) in [4.78, 5) is 1.00. The minimum atomic E-state index is -0.183. The first-order valence-electron chi connectivity index (χ1n) is 10.1. The van der Waals surface area contributed by atoms with E-state index in [2.05, 4.69) is 106 Å². The second-order valence-electron chi connectivity index (χ2n) is 8.70. The fourth-order valence-electron chi connectivity index (χ4n) is 4.37. The van der Waals surface area contributed by atoms with Gasteiger partial charge in [0.15, 0.2) is 0 Å². The van der Waals surface area contributed by atoms with Crippen LogP contribution in [0.1, 0.15) is 61.3 Å². The zero-order valence-electron chi connectivity index (χ0n) is 16.9. The second kappa shape index (κ2) is 7.67. The van der Waals surface area contributed by atoms with E-state index in [4.69, 9.17) is 4.74 Å². The van der Waals surface area contributed by atoms with E-state index >= 15 is 0 Å². The molecule has 1 aliphatic carbocycles. The van der Waals surface area contributed by atoms with Crippen LogP contribution >= 0.6 is 12.6 Å². The fourth-order valence-corrected chi connectivity index (χ4v) is 4.52. The van der Waals surface area contributed by atoms with Crippen molar-refractivity contribution in [2.24, 2.45) is 0 Å². The lowest BCUT2D eigenvalue weighted by atomic mass is 9.69. The van der Waals surface area contributed by atoms with Gasteiger partial charge < -0.3 is 4.74 Å². The predicted molar refractivity (Wildman–Crippen MR) is 120 cm³/mol. The third kappa shape index (κ3) is 4.12. The van der Waals surface area contributed by atoms with Crippen molar-refractivity contribution >= 4 is 12.6 Å². The Hall–Kier alpha value is -2.19. The fraction of sp³-hybridized carbons (Fsp3) is 0.308. The Balaban J connectivity index is 1.78. The first-order chi connectivity index (χ1) is 13.4. The van der Waals surface area contributed by atoms with E-state index in [1.807, 2.05) is 0 Å². The molecule has 0 N–H and O–H groups in total. The quantitative estimate of drug-likeness (QED) is 0.475. The van der Waals surface area contributed by atoms with Crippen LogP contribution in [0.25, 0.3) is 0 Å². The van der Waals surface area contributed by atoms with Gasteiger partial charge in [-0.15, -0.1) is 12.6 Å². The summed E-state index contributed by atoms with van der Waals surface area (Å²) in [5, 5.41) is 0. The van der Waals surface area contributed by atoms with Gasteiger partial charge in [-0.2, -0.15) is 0 Å². The minimum Gasteiger partial charge on any atom is -0.488 e. The summed E-state index contributed by atoms with van der Waals surface area (Å²) in [6.07, 6.45) is 2.22. The lowest BCUT2D eigenvalue weighted by Gasteiger charge is -2.35. The van der Waals surface area contributed by atoms with Crippen molar-refractivity contribution in [3.63, 3.8) is 0 Å². The Morgan fingerprint density at radius 1 is 0.857 bits per heavy atom. The molecule has 3 aromatic rings. The van der Waals surface area contributed by atoms with Crippen LogP contribution in [0.5, 0.6) is 5.75 Å². The normalized spacial score (nSPS) is 19.1. The van der Waals surface area contributed by atoms with Crippen molar-refractivity contribution in [1.82, 2.24) is 0 Å². The molecule has 0 saturated heterocycles. The Bertz CT molecular complexity index is 938. The van der Waals surface area contributed by atoms with Gasteiger partial charge >= 0.3 is 0 Å². The monoisotopic (exact) mass is 388 g/mol. The van der Waals surface area contributed by atoms with E-state index in [-0.39, 0.29) is 5.60 Å². The van der Waals surface area contributed by atoms with Crippen LogP contribution in [0.2, 0.25) is 0 Å². The third-order valence-corrected chi connectivity index (χ3v) is 5.78. The van der Waals surface area contributed by atoms with Crippen molar-refractivity contribution in [2.75, 3.05) is 0 Å². The molecule has 144 valence electrons. The number of ether oxygens (including phenoxy) is 1. The van der Waals surface area contributed by atoms with Crippen molar-refractivity contribution in [3.8, 4) is 5.75 Å². The van der Waals surface area contributed by atoms with E-state index in [1.165, 1.54) is 22.3 Å². The molecule has 0 fully saturated rings. The second-order valence-corrected chi connectivity index (χ2v) is 9.22. The molecule has 0 heterocycles. The largest absolute Gasteiger partial charge is 0.488 e. The summed E-state index contributed by atoms with van der Waals surface area (Å²) in [5.41, 5.74) is 5.43. The van der Waals surface area contributed by atoms with Crippen LogP contribution in [0, 0.1) is 0 Å². The number of benzene rings is 3. The molecule has 2 heteroatoms. The van der Waals surface area contributed by atoms with Crippen LogP contribution in [0.15, 0.2) is 77.7 Å². The molecule has 1 aliphatic rings. The molecule has 0 saturated carbocycles. The molecule has 2 atom stereocenters. The van der Waals surface area contributed by atoms with Gasteiger partial charge in [0.05, 0.1) is 0 Å². The third-order valence-electron chi connectivity index (χ3n) is 5.48. The minimum absolute atomic E-state index is 0.183. The Labute approximate surface area is 174 Å². The van der Waals surface area contributed by atoms with Crippen LogP contribution in [0.3, 0.4) is 0 Å². The van der Waals surface area contributed by atoms with Crippen molar-refractivity contribution in [1.29, 1.82) is 0 Å². The molecule has 1 nitrogen and oxygen atoms in total. The molecular weight excluding hydrogens is 360 g/mol. The predicted octanol–water partition coefficient (Wildman–Crippen LogP) is 7.01. The van der Waals surface area contributed by atoms with Gasteiger partial charge in [0.1, 0.15) is 11.4 Å². The van der Waals surface area contributed by atoms with E-state index in [0.717, 1.165) is 23.5 Å². The molecule has 3 aromatic carbocycles. The first kappa shape index (κ1) is 19.1. The van der Waals surface area contributed by atoms with E-state index in [0.29, 0.717) is 11.8 Å². The molecule has 0 unspecified atom stereocenters. The number of aryl methyl sites for hydroxylation is 1. The first-order valence-corrected chi connectivity index (χ1v) is 10.5. The smallest absolute Gasteiger partial charge is 0.120 e. The van der Waals surface area contributed by atoms with Gasteiger partial charge in [-0.1, -0.05) is 48.5 Å². The summed E-state index contributed by atoms with van der Waals surface area (Å²) in [5.74, 6) is 1.80. The van der Waals surface area contributed by atoms with Crippen LogP contribution in [-0.2, 0) is 6.42 Å². The van der Waals surface area contributed by atoms with Crippen molar-refractivity contribution in [2.45, 2.75) is 55.9 Å². The summed E-state index contributed by atoms with van der Waals surface area (Å²) >= 11 is 4.48. The molecule has 0 bridgehead atoms. The summed E-state index contributed by atoms with van der Waals surface area (Å²) in [7, 11) is 0. The number of hydrogen-bond donors (Lipinski definition) is 1. The zero-order chi connectivity index (χ0) is 19.7. The SMILES string of the molecule is CC(C)(C)Oc1ccc2c(c1)CC[C@H](c1ccccc1)[C@@H]2c1ccc(S)cc1. The number of thiol groups is 1. The highest BCUT2D eigenvalue weighted by Crippen LogP contribution is 2.47. The number of fused-ring (bicyclic) bond motifs is 1. The maximum Gasteiger partial charge on any atom is 0.120 e. The summed E-state index contributed by atoms with van der Waals surface area (Å²) in [6.45, 7) is 6.29. The van der Waals surface area contributed by atoms with Gasteiger partial charge in [-0.3, -0.25) is 0 Å². The maximum atomic E-state index is 6.13. The van der Waals surface area contributed by atoms with Crippen LogP contribution < -0.4 is 4.74 Å². The van der Waals surface area contributed by atoms with Crippen LogP contribution in [-0.4, -0.2) is 5.60 Å². The van der Waals surface area contributed by atoms with E-state index in [1.54, 1.807) is 0 Å². The Morgan fingerprint density at radius 3 is 2.25 bits per heavy atom. The molecule has 0 radical (unpaired) electrons. The van der Waals surface area contributed by atoms with Gasteiger partial charge in [-0.05, 0) is 86.1 Å². The molecule has 4 rings (SSSR count). The van der Waals surface area contributed by atoms with Crippen LogP contribution in [0.4, 0.5) is 0 Å². The average molecular weight is 389 g/mol.